The van der Waals surface area contributed by atoms with Crippen LogP contribution in [0.25, 0.3) is 0 Å². The highest BCUT2D eigenvalue weighted by atomic mass is 32.1. The first-order valence-electron chi connectivity index (χ1n) is 4.79. The van der Waals surface area contributed by atoms with Gasteiger partial charge in [-0.15, -0.1) is 11.3 Å². The van der Waals surface area contributed by atoms with E-state index in [0.717, 1.165) is 0 Å². The van der Waals surface area contributed by atoms with Gasteiger partial charge in [0.2, 0.25) is 0 Å². The minimum atomic E-state index is -4.70. The summed E-state index contributed by atoms with van der Waals surface area (Å²) in [7, 11) is 0. The second kappa shape index (κ2) is 4.38. The van der Waals surface area contributed by atoms with Crippen molar-refractivity contribution in [3.05, 3.63) is 33.5 Å². The van der Waals surface area contributed by atoms with Crippen molar-refractivity contribution in [1.82, 2.24) is 0 Å². The molecule has 0 spiro atoms. The topological polar surface area (TPSA) is 53.2 Å². The fourth-order valence-electron chi connectivity index (χ4n) is 1.55. The van der Waals surface area contributed by atoms with Gasteiger partial charge in [-0.1, -0.05) is 6.07 Å². The molecule has 1 aromatic rings. The van der Waals surface area contributed by atoms with E-state index in [1.165, 1.54) is 17.4 Å². The summed E-state index contributed by atoms with van der Waals surface area (Å²) in [4.78, 5) is 15.5. The summed E-state index contributed by atoms with van der Waals surface area (Å²) in [6.07, 6.45) is -5.24. The number of rotatable bonds is 1. The van der Waals surface area contributed by atoms with Crippen molar-refractivity contribution in [3.8, 4) is 6.07 Å². The van der Waals surface area contributed by atoms with Crippen LogP contribution in [0.15, 0.2) is 33.7 Å². The zero-order valence-corrected chi connectivity index (χ0v) is 9.60. The Morgan fingerprint density at radius 1 is 1.44 bits per heavy atom. The fraction of sp³-hybridized carbons (Fsp3) is 0.182. The molecule has 0 aromatic carbocycles. The van der Waals surface area contributed by atoms with Crippen molar-refractivity contribution < 1.29 is 18.0 Å². The van der Waals surface area contributed by atoms with Gasteiger partial charge in [0.25, 0.3) is 5.91 Å². The summed E-state index contributed by atoms with van der Waals surface area (Å²) in [6.45, 7) is 0. The van der Waals surface area contributed by atoms with Crippen molar-refractivity contribution >= 4 is 23.0 Å². The molecule has 1 amide bonds. The van der Waals surface area contributed by atoms with Gasteiger partial charge in [0.15, 0.2) is 0 Å². The fourth-order valence-corrected chi connectivity index (χ4v) is 2.26. The number of nitrogens with zero attached hydrogens (tertiary/aromatic N) is 2. The lowest BCUT2D eigenvalue weighted by molar-refractivity contribution is -0.116. The first-order valence-corrected chi connectivity index (χ1v) is 5.67. The lowest BCUT2D eigenvalue weighted by atomic mass is 9.98. The van der Waals surface area contributed by atoms with Crippen LogP contribution in [0.3, 0.4) is 0 Å². The van der Waals surface area contributed by atoms with Crippen LogP contribution in [0.5, 0.6) is 0 Å². The van der Waals surface area contributed by atoms with Crippen molar-refractivity contribution in [2.75, 3.05) is 0 Å². The van der Waals surface area contributed by atoms with E-state index in [-0.39, 0.29) is 5.71 Å². The Labute approximate surface area is 104 Å². The number of amides is 1. The third-order valence-corrected chi connectivity index (χ3v) is 3.27. The molecule has 18 heavy (non-hydrogen) atoms. The summed E-state index contributed by atoms with van der Waals surface area (Å²) in [5, 5.41) is 10.3. The molecule has 0 saturated heterocycles. The van der Waals surface area contributed by atoms with Gasteiger partial charge in [-0.25, -0.2) is 4.99 Å². The standard InChI is InChI=1S/C11H5F3N2OS/c12-11(13,14)7-4-8(9-2-1-3-18-9)16-10(17)6(7)5-15/h1-3H,4H2. The number of dihydropyridines is 1. The second-order valence-electron chi connectivity index (χ2n) is 3.48. The molecular formula is C11H5F3N2OS. The number of thiophene rings is 1. The van der Waals surface area contributed by atoms with Crippen LogP contribution in [-0.2, 0) is 4.79 Å². The number of aliphatic imine (C=N–C) groups is 1. The minimum Gasteiger partial charge on any atom is -0.266 e. The number of halogens is 3. The quantitative estimate of drug-likeness (QED) is 0.787. The lowest BCUT2D eigenvalue weighted by Crippen LogP contribution is -2.24. The Hall–Kier alpha value is -1.94. The van der Waals surface area contributed by atoms with E-state index in [4.69, 9.17) is 5.26 Å². The molecule has 0 atom stereocenters. The zero-order valence-electron chi connectivity index (χ0n) is 8.78. The predicted octanol–water partition coefficient (Wildman–Crippen LogP) is 2.85. The average molecular weight is 270 g/mol. The van der Waals surface area contributed by atoms with Crippen molar-refractivity contribution in [1.29, 1.82) is 5.26 Å². The molecule has 0 bridgehead atoms. The molecule has 2 rings (SSSR count). The van der Waals surface area contributed by atoms with Crippen LogP contribution < -0.4 is 0 Å². The maximum Gasteiger partial charge on any atom is 0.414 e. The maximum absolute atomic E-state index is 12.8. The van der Waals surface area contributed by atoms with Gasteiger partial charge in [0.1, 0.15) is 11.6 Å². The molecule has 0 N–H and O–H groups in total. The van der Waals surface area contributed by atoms with Gasteiger partial charge in [-0.05, 0) is 11.4 Å². The van der Waals surface area contributed by atoms with Crippen LogP contribution in [0.1, 0.15) is 11.3 Å². The van der Waals surface area contributed by atoms with E-state index >= 15 is 0 Å². The highest BCUT2D eigenvalue weighted by Gasteiger charge is 2.41. The number of carbonyl (C=O) groups excluding carboxylic acids is 1. The molecule has 0 unspecified atom stereocenters. The highest BCUT2D eigenvalue weighted by Crippen LogP contribution is 2.35. The van der Waals surface area contributed by atoms with E-state index in [0.29, 0.717) is 4.88 Å². The Bertz CT molecular complexity index is 591. The van der Waals surface area contributed by atoms with Crippen LogP contribution in [0.2, 0.25) is 0 Å². The molecular weight excluding hydrogens is 265 g/mol. The van der Waals surface area contributed by atoms with Crippen molar-refractivity contribution in [3.63, 3.8) is 0 Å². The van der Waals surface area contributed by atoms with E-state index < -0.39 is 29.7 Å². The van der Waals surface area contributed by atoms with Gasteiger partial charge >= 0.3 is 6.18 Å². The third kappa shape index (κ3) is 2.19. The highest BCUT2D eigenvalue weighted by molar-refractivity contribution is 7.12. The third-order valence-electron chi connectivity index (χ3n) is 2.36. The normalized spacial score (nSPS) is 16.6. The summed E-state index contributed by atoms with van der Waals surface area (Å²) >= 11 is 1.20. The number of hydrogen-bond acceptors (Lipinski definition) is 3. The van der Waals surface area contributed by atoms with Gasteiger partial charge in [0, 0.05) is 11.3 Å². The van der Waals surface area contributed by atoms with Crippen LogP contribution >= 0.6 is 11.3 Å². The monoisotopic (exact) mass is 270 g/mol. The Kier molecular flexibility index (Phi) is 3.05. The number of allylic oxidation sites excluding steroid dienone is 1. The summed E-state index contributed by atoms with van der Waals surface area (Å²) in [5.74, 6) is -1.13. The Balaban J connectivity index is 2.46. The first-order chi connectivity index (χ1) is 8.43. The molecule has 1 aromatic heterocycles. The van der Waals surface area contributed by atoms with Crippen LogP contribution in [0.4, 0.5) is 13.2 Å². The smallest absolute Gasteiger partial charge is 0.266 e. The maximum atomic E-state index is 12.8. The van der Waals surface area contributed by atoms with E-state index in [1.54, 1.807) is 17.5 Å². The van der Waals surface area contributed by atoms with Gasteiger partial charge in [-0.2, -0.15) is 18.4 Å². The number of nitriles is 1. The van der Waals surface area contributed by atoms with Gasteiger partial charge in [-0.3, -0.25) is 4.79 Å². The summed E-state index contributed by atoms with van der Waals surface area (Å²) in [5.41, 5.74) is -1.97. The Morgan fingerprint density at radius 3 is 2.67 bits per heavy atom. The van der Waals surface area contributed by atoms with Crippen LogP contribution in [0, 0.1) is 11.3 Å². The molecule has 0 aliphatic carbocycles. The van der Waals surface area contributed by atoms with Crippen molar-refractivity contribution in [2.24, 2.45) is 4.99 Å². The largest absolute Gasteiger partial charge is 0.414 e. The molecule has 0 saturated carbocycles. The molecule has 92 valence electrons. The van der Waals surface area contributed by atoms with Gasteiger partial charge < -0.3 is 0 Å². The minimum absolute atomic E-state index is 0.0568. The number of carbonyl (C=O) groups is 1. The molecule has 2 heterocycles. The Morgan fingerprint density at radius 2 is 2.17 bits per heavy atom. The number of hydrogen-bond donors (Lipinski definition) is 0. The van der Waals surface area contributed by atoms with Crippen LogP contribution in [-0.4, -0.2) is 17.8 Å². The summed E-state index contributed by atoms with van der Waals surface area (Å²) < 4.78 is 38.3. The lowest BCUT2D eigenvalue weighted by Gasteiger charge is -2.17. The molecule has 1 aliphatic heterocycles. The number of alkyl halides is 3. The second-order valence-corrected chi connectivity index (χ2v) is 4.43. The molecule has 1 aliphatic rings. The predicted molar refractivity (Wildman–Crippen MR) is 59.2 cm³/mol. The SMILES string of the molecule is N#CC1=C(C(F)(F)F)CC(c2cccs2)=NC1=O. The van der Waals surface area contributed by atoms with E-state index in [1.807, 2.05) is 0 Å². The molecule has 7 heteroatoms. The first kappa shape index (κ1) is 12.5. The van der Waals surface area contributed by atoms with Crippen molar-refractivity contribution in [2.45, 2.75) is 12.6 Å². The molecule has 3 nitrogen and oxygen atoms in total. The summed E-state index contributed by atoms with van der Waals surface area (Å²) in [6, 6.07) is 4.52. The average Bonchev–Trinajstić information content (AvgIpc) is 2.80. The van der Waals surface area contributed by atoms with Gasteiger partial charge in [0.05, 0.1) is 11.3 Å². The molecule has 0 fully saturated rings. The molecule has 0 radical (unpaired) electrons. The van der Waals surface area contributed by atoms with E-state index in [2.05, 4.69) is 4.99 Å². The van der Waals surface area contributed by atoms with E-state index in [9.17, 15) is 18.0 Å². The zero-order chi connectivity index (χ0) is 13.3.